The van der Waals surface area contributed by atoms with Gasteiger partial charge in [-0.25, -0.2) is 0 Å². The smallest absolute Gasteiger partial charge is 0.272 e. The summed E-state index contributed by atoms with van der Waals surface area (Å²) in [5, 5.41) is 9.08. The highest BCUT2D eigenvalue weighted by Crippen LogP contribution is 2.26. The Morgan fingerprint density at radius 3 is 2.15 bits per heavy atom. The maximum atomic E-state index is 13.2. The van der Waals surface area contributed by atoms with Crippen LogP contribution in [0.5, 0.6) is 5.75 Å². The van der Waals surface area contributed by atoms with Crippen LogP contribution in [-0.4, -0.2) is 30.6 Å². The number of benzene rings is 4. The molecule has 0 aliphatic carbocycles. The van der Waals surface area contributed by atoms with Crippen molar-refractivity contribution in [2.75, 3.05) is 23.5 Å². The first kappa shape index (κ1) is 29.7. The van der Waals surface area contributed by atoms with Gasteiger partial charge in [0, 0.05) is 21.8 Å². The van der Waals surface area contributed by atoms with E-state index >= 15 is 0 Å². The zero-order valence-electron chi connectivity index (χ0n) is 21.8. The zero-order valence-corrected chi connectivity index (χ0v) is 24.1. The molecule has 0 fully saturated rings. The van der Waals surface area contributed by atoms with Crippen molar-refractivity contribution in [3.8, 4) is 5.75 Å². The average molecular weight is 607 g/mol. The summed E-state index contributed by atoms with van der Waals surface area (Å²) in [6.07, 6.45) is 1.59. The number of methoxy groups -OCH3 is 1. The molecule has 0 radical (unpaired) electrons. The van der Waals surface area contributed by atoms with E-state index in [1.165, 1.54) is 11.8 Å². The average Bonchev–Trinajstić information content (AvgIpc) is 2.99. The number of ether oxygens (including phenoxy) is 1. The molecular formula is C31H25Cl2N3O4S. The highest BCUT2D eigenvalue weighted by atomic mass is 35.5. The van der Waals surface area contributed by atoms with E-state index in [4.69, 9.17) is 27.9 Å². The molecule has 4 aromatic carbocycles. The molecule has 0 atom stereocenters. The molecule has 0 saturated carbocycles. The second kappa shape index (κ2) is 14.4. The van der Waals surface area contributed by atoms with Crippen LogP contribution in [0.15, 0.2) is 108 Å². The van der Waals surface area contributed by atoms with Crippen molar-refractivity contribution in [2.24, 2.45) is 0 Å². The Bertz CT molecular complexity index is 1560. The van der Waals surface area contributed by atoms with E-state index in [1.807, 2.05) is 6.07 Å². The molecule has 7 nitrogen and oxygen atoms in total. The third kappa shape index (κ3) is 8.88. The number of carbonyl (C=O) groups excluding carboxylic acids is 3. The Morgan fingerprint density at radius 2 is 1.49 bits per heavy atom. The minimum absolute atomic E-state index is 0.0708. The summed E-state index contributed by atoms with van der Waals surface area (Å²) in [6.45, 7) is 0. The van der Waals surface area contributed by atoms with Crippen molar-refractivity contribution in [2.45, 2.75) is 4.90 Å². The fourth-order valence-corrected chi connectivity index (χ4v) is 4.56. The van der Waals surface area contributed by atoms with Gasteiger partial charge >= 0.3 is 0 Å². The van der Waals surface area contributed by atoms with Crippen molar-refractivity contribution in [1.82, 2.24) is 5.32 Å². The van der Waals surface area contributed by atoms with Gasteiger partial charge in [-0.05, 0) is 78.4 Å². The molecule has 3 N–H and O–H groups in total. The third-order valence-electron chi connectivity index (χ3n) is 5.64. The number of rotatable bonds is 10. The van der Waals surface area contributed by atoms with Crippen molar-refractivity contribution in [3.05, 3.63) is 124 Å². The van der Waals surface area contributed by atoms with Gasteiger partial charge < -0.3 is 20.7 Å². The van der Waals surface area contributed by atoms with E-state index in [0.29, 0.717) is 38.3 Å². The van der Waals surface area contributed by atoms with E-state index in [9.17, 15) is 14.4 Å². The summed E-state index contributed by atoms with van der Waals surface area (Å²) in [5.74, 6) is -0.260. The predicted octanol–water partition coefficient (Wildman–Crippen LogP) is 7.14. The second-order valence-electron chi connectivity index (χ2n) is 8.60. The number of nitrogens with one attached hydrogen (secondary N) is 3. The number of thioether (sulfide) groups is 1. The first-order valence-corrected chi connectivity index (χ1v) is 14.1. The van der Waals surface area contributed by atoms with Crippen LogP contribution in [0, 0.1) is 0 Å². The van der Waals surface area contributed by atoms with Gasteiger partial charge in [0.05, 0.1) is 22.9 Å². The first-order valence-electron chi connectivity index (χ1n) is 12.3. The Balaban J connectivity index is 1.40. The number of hydrogen-bond donors (Lipinski definition) is 3. The molecule has 0 aromatic heterocycles. The van der Waals surface area contributed by atoms with Gasteiger partial charge in [0.2, 0.25) is 5.91 Å². The molecule has 0 aliphatic rings. The minimum atomic E-state index is -0.494. The fraction of sp³-hybridized carbons (Fsp3) is 0.0645. The van der Waals surface area contributed by atoms with Gasteiger partial charge in [0.15, 0.2) is 0 Å². The first-order chi connectivity index (χ1) is 19.8. The summed E-state index contributed by atoms with van der Waals surface area (Å²) in [4.78, 5) is 39.2. The van der Waals surface area contributed by atoms with E-state index in [1.54, 1.807) is 104 Å². The van der Waals surface area contributed by atoms with Gasteiger partial charge in [-0.2, -0.15) is 0 Å². The maximum Gasteiger partial charge on any atom is 0.272 e. The number of hydrogen-bond acceptors (Lipinski definition) is 5. The Labute approximate surface area is 251 Å². The number of halogens is 2. The lowest BCUT2D eigenvalue weighted by atomic mass is 10.1. The van der Waals surface area contributed by atoms with Gasteiger partial charge in [0.25, 0.3) is 11.8 Å². The summed E-state index contributed by atoms with van der Waals surface area (Å²) in [7, 11) is 1.57. The van der Waals surface area contributed by atoms with Crippen LogP contribution >= 0.6 is 35.0 Å². The number of carbonyl (C=O) groups is 3. The molecule has 0 unspecified atom stereocenters. The molecule has 3 amide bonds. The van der Waals surface area contributed by atoms with Crippen molar-refractivity contribution in [3.63, 3.8) is 0 Å². The van der Waals surface area contributed by atoms with Gasteiger partial charge in [-0.3, -0.25) is 14.4 Å². The molecule has 4 rings (SSSR count). The van der Waals surface area contributed by atoms with Crippen LogP contribution in [0.4, 0.5) is 11.4 Å². The van der Waals surface area contributed by atoms with Crippen LogP contribution in [0.3, 0.4) is 0 Å². The molecule has 0 heterocycles. The maximum absolute atomic E-state index is 13.2. The normalized spacial score (nSPS) is 11.0. The second-order valence-corrected chi connectivity index (χ2v) is 10.5. The third-order valence-corrected chi connectivity index (χ3v) is 7.39. The summed E-state index contributed by atoms with van der Waals surface area (Å²) >= 11 is 13.2. The van der Waals surface area contributed by atoms with Crippen molar-refractivity contribution < 1.29 is 19.1 Å². The van der Waals surface area contributed by atoms with E-state index < -0.39 is 11.8 Å². The van der Waals surface area contributed by atoms with Crippen molar-refractivity contribution in [1.29, 1.82) is 0 Å². The Morgan fingerprint density at radius 1 is 0.805 bits per heavy atom. The monoisotopic (exact) mass is 605 g/mol. The van der Waals surface area contributed by atoms with Crippen molar-refractivity contribution >= 4 is 70.1 Å². The predicted molar refractivity (Wildman–Crippen MR) is 166 cm³/mol. The number of amides is 3. The fourth-order valence-electron chi connectivity index (χ4n) is 3.56. The molecule has 4 aromatic rings. The molecule has 0 spiro atoms. The molecule has 0 saturated heterocycles. The lowest BCUT2D eigenvalue weighted by Gasteiger charge is -2.12. The summed E-state index contributed by atoms with van der Waals surface area (Å²) in [5.41, 5.74) is 2.28. The van der Waals surface area contributed by atoms with Crippen LogP contribution < -0.4 is 20.7 Å². The quantitative estimate of drug-likeness (QED) is 0.132. The zero-order chi connectivity index (χ0) is 29.2. The van der Waals surface area contributed by atoms with E-state index in [-0.39, 0.29) is 17.4 Å². The highest BCUT2D eigenvalue weighted by Gasteiger charge is 2.15. The molecule has 0 bridgehead atoms. The minimum Gasteiger partial charge on any atom is -0.497 e. The molecule has 41 heavy (non-hydrogen) atoms. The molecule has 0 aliphatic heterocycles. The van der Waals surface area contributed by atoms with Crippen LogP contribution in [0.2, 0.25) is 10.0 Å². The van der Waals surface area contributed by atoms with Crippen LogP contribution in [0.25, 0.3) is 6.08 Å². The van der Waals surface area contributed by atoms with Gasteiger partial charge in [-0.15, -0.1) is 11.8 Å². The molecular weight excluding hydrogens is 581 g/mol. The number of anilines is 2. The standard InChI is InChI=1S/C31H25Cl2N3O4S/c1-40-24-12-7-20(8-13-24)17-28(36-30(38)21-5-3-2-4-6-21)31(39)35-22-9-14-25(15-10-22)41-19-29(37)34-23-11-16-26(32)27(33)18-23/h2-18H,19H2,1H3,(H,34,37)(H,35,39)(H,36,38)/b28-17-. The lowest BCUT2D eigenvalue weighted by Crippen LogP contribution is -2.30. The van der Waals surface area contributed by atoms with E-state index in [2.05, 4.69) is 16.0 Å². The lowest BCUT2D eigenvalue weighted by molar-refractivity contribution is -0.114. The Hall–Kier alpha value is -4.24. The largest absolute Gasteiger partial charge is 0.497 e. The Kier molecular flexibility index (Phi) is 10.5. The van der Waals surface area contributed by atoms with Gasteiger partial charge in [0.1, 0.15) is 11.4 Å². The van der Waals surface area contributed by atoms with Crippen LogP contribution in [-0.2, 0) is 9.59 Å². The SMILES string of the molecule is COc1ccc(/C=C(\NC(=O)c2ccccc2)C(=O)Nc2ccc(SCC(=O)Nc3ccc(Cl)c(Cl)c3)cc2)cc1. The summed E-state index contributed by atoms with van der Waals surface area (Å²) < 4.78 is 5.19. The summed E-state index contributed by atoms with van der Waals surface area (Å²) in [6, 6.07) is 27.6. The van der Waals surface area contributed by atoms with Gasteiger partial charge in [-0.1, -0.05) is 53.5 Å². The van der Waals surface area contributed by atoms with Crippen LogP contribution in [0.1, 0.15) is 15.9 Å². The molecule has 10 heteroatoms. The van der Waals surface area contributed by atoms with E-state index in [0.717, 1.165) is 4.90 Å². The highest BCUT2D eigenvalue weighted by molar-refractivity contribution is 8.00. The topological polar surface area (TPSA) is 96.5 Å². The molecule has 208 valence electrons.